The summed E-state index contributed by atoms with van der Waals surface area (Å²) in [5.41, 5.74) is 5.68. The number of nitrogens with one attached hydrogen (secondary N) is 1. The van der Waals surface area contributed by atoms with Gasteiger partial charge in [0.15, 0.2) is 0 Å². The zero-order valence-corrected chi connectivity index (χ0v) is 9.41. The molecule has 1 unspecified atom stereocenters. The third-order valence-electron chi connectivity index (χ3n) is 3.41. The Kier molecular flexibility index (Phi) is 3.26. The predicted molar refractivity (Wildman–Crippen MR) is 59.4 cm³/mol. The summed E-state index contributed by atoms with van der Waals surface area (Å²) in [6.45, 7) is 4.10. The molecule has 0 aromatic rings. The fourth-order valence-electron chi connectivity index (χ4n) is 2.17. The number of rotatable bonds is 4. The number of hydrogen-bond donors (Lipinski definition) is 2. The average molecular weight is 211 g/mol. The Labute approximate surface area is 91.2 Å². The Morgan fingerprint density at radius 3 is 2.87 bits per heavy atom. The molecule has 0 bridgehead atoms. The minimum atomic E-state index is -0.333. The molecule has 0 spiro atoms. The molecule has 2 aliphatic rings. The average Bonchev–Trinajstić information content (AvgIpc) is 2.99. The first-order valence-electron chi connectivity index (χ1n) is 6.00. The van der Waals surface area contributed by atoms with Crippen molar-refractivity contribution in [3.05, 3.63) is 0 Å². The van der Waals surface area contributed by atoms with E-state index in [-0.39, 0.29) is 11.9 Å². The molecular formula is C11H21N3O. The van der Waals surface area contributed by atoms with Crippen molar-refractivity contribution in [1.82, 2.24) is 10.2 Å². The Balaban J connectivity index is 1.73. The zero-order chi connectivity index (χ0) is 10.8. The summed E-state index contributed by atoms with van der Waals surface area (Å²) < 4.78 is 0. The predicted octanol–water partition coefficient (Wildman–Crippen LogP) is 0.0766. The topological polar surface area (TPSA) is 58.4 Å². The van der Waals surface area contributed by atoms with Crippen molar-refractivity contribution >= 4 is 5.91 Å². The van der Waals surface area contributed by atoms with Crippen molar-refractivity contribution in [3.63, 3.8) is 0 Å². The van der Waals surface area contributed by atoms with E-state index < -0.39 is 0 Å². The molecule has 15 heavy (non-hydrogen) atoms. The van der Waals surface area contributed by atoms with Crippen LogP contribution in [-0.4, -0.2) is 42.0 Å². The molecule has 4 nitrogen and oxygen atoms in total. The van der Waals surface area contributed by atoms with Crippen LogP contribution in [0.15, 0.2) is 0 Å². The van der Waals surface area contributed by atoms with E-state index in [1.165, 1.54) is 12.8 Å². The number of nitrogens with two attached hydrogens (primary N) is 1. The summed E-state index contributed by atoms with van der Waals surface area (Å²) in [6.07, 6.45) is 4.48. The van der Waals surface area contributed by atoms with E-state index in [2.05, 4.69) is 10.2 Å². The number of nitrogens with zero attached hydrogens (tertiary/aromatic N) is 1. The molecule has 1 saturated heterocycles. The van der Waals surface area contributed by atoms with Crippen LogP contribution in [0.1, 0.15) is 32.6 Å². The van der Waals surface area contributed by atoms with Gasteiger partial charge in [-0.2, -0.15) is 0 Å². The molecule has 3 N–H and O–H groups in total. The smallest absolute Gasteiger partial charge is 0.237 e. The molecule has 2 fully saturated rings. The molecule has 2 atom stereocenters. The summed E-state index contributed by atoms with van der Waals surface area (Å²) in [4.78, 5) is 14.1. The van der Waals surface area contributed by atoms with Gasteiger partial charge in [0.2, 0.25) is 5.91 Å². The monoisotopic (exact) mass is 211 g/mol. The Hall–Kier alpha value is -0.610. The highest BCUT2D eigenvalue weighted by Gasteiger charge is 2.34. The van der Waals surface area contributed by atoms with Gasteiger partial charge in [-0.1, -0.05) is 6.92 Å². The van der Waals surface area contributed by atoms with E-state index in [1.807, 2.05) is 6.92 Å². The summed E-state index contributed by atoms with van der Waals surface area (Å²) in [7, 11) is 0. The lowest BCUT2D eigenvalue weighted by Crippen LogP contribution is -2.46. The van der Waals surface area contributed by atoms with Gasteiger partial charge in [-0.15, -0.1) is 0 Å². The second kappa shape index (κ2) is 4.49. The maximum Gasteiger partial charge on any atom is 0.237 e. The highest BCUT2D eigenvalue weighted by Crippen LogP contribution is 2.29. The standard InChI is InChI=1S/C11H21N3O/c1-2-10(12)11(15)13-8-5-6-14(7-8)9-3-4-9/h8-10H,2-7,12H2,1H3,(H,13,15)/t8?,10-/m1/s1. The lowest BCUT2D eigenvalue weighted by Gasteiger charge is -2.17. The molecule has 2 rings (SSSR count). The van der Waals surface area contributed by atoms with E-state index in [9.17, 15) is 4.79 Å². The third-order valence-corrected chi connectivity index (χ3v) is 3.41. The van der Waals surface area contributed by atoms with Gasteiger partial charge in [0.1, 0.15) is 0 Å². The summed E-state index contributed by atoms with van der Waals surface area (Å²) >= 11 is 0. The quantitative estimate of drug-likeness (QED) is 0.692. The van der Waals surface area contributed by atoms with Crippen LogP contribution in [0, 0.1) is 0 Å². The largest absolute Gasteiger partial charge is 0.351 e. The first kappa shape index (κ1) is 10.9. The highest BCUT2D eigenvalue weighted by atomic mass is 16.2. The summed E-state index contributed by atoms with van der Waals surface area (Å²) in [5.74, 6) is 0.0140. The minimum Gasteiger partial charge on any atom is -0.351 e. The van der Waals surface area contributed by atoms with E-state index in [4.69, 9.17) is 5.73 Å². The van der Waals surface area contributed by atoms with E-state index in [0.29, 0.717) is 12.5 Å². The van der Waals surface area contributed by atoms with Gasteiger partial charge in [0.05, 0.1) is 6.04 Å². The normalized spacial score (nSPS) is 29.1. The molecule has 4 heteroatoms. The van der Waals surface area contributed by atoms with Gasteiger partial charge in [0.25, 0.3) is 0 Å². The molecule has 1 heterocycles. The van der Waals surface area contributed by atoms with E-state index >= 15 is 0 Å². The first-order valence-corrected chi connectivity index (χ1v) is 6.00. The molecule has 0 aromatic carbocycles. The molecule has 0 aromatic heterocycles. The van der Waals surface area contributed by atoms with Crippen LogP contribution in [0.4, 0.5) is 0 Å². The van der Waals surface area contributed by atoms with Crippen LogP contribution in [-0.2, 0) is 4.79 Å². The molecule has 1 aliphatic heterocycles. The molecular weight excluding hydrogens is 190 g/mol. The van der Waals surface area contributed by atoms with Crippen LogP contribution < -0.4 is 11.1 Å². The number of amides is 1. The van der Waals surface area contributed by atoms with Gasteiger partial charge >= 0.3 is 0 Å². The number of carbonyl (C=O) groups is 1. The van der Waals surface area contributed by atoms with E-state index in [0.717, 1.165) is 25.6 Å². The lowest BCUT2D eigenvalue weighted by molar-refractivity contribution is -0.123. The van der Waals surface area contributed by atoms with Crippen molar-refractivity contribution in [2.45, 2.75) is 50.7 Å². The number of hydrogen-bond acceptors (Lipinski definition) is 3. The van der Waals surface area contributed by atoms with Crippen molar-refractivity contribution in [2.24, 2.45) is 5.73 Å². The van der Waals surface area contributed by atoms with Crippen molar-refractivity contribution < 1.29 is 4.79 Å². The maximum absolute atomic E-state index is 11.6. The second-order valence-electron chi connectivity index (χ2n) is 4.74. The molecule has 1 amide bonds. The van der Waals surface area contributed by atoms with Crippen LogP contribution in [0.2, 0.25) is 0 Å². The fraction of sp³-hybridized carbons (Fsp3) is 0.909. The minimum absolute atomic E-state index is 0.0140. The molecule has 1 aliphatic carbocycles. The van der Waals surface area contributed by atoms with Gasteiger partial charge in [-0.05, 0) is 25.7 Å². The molecule has 86 valence electrons. The van der Waals surface area contributed by atoms with Gasteiger partial charge in [-0.25, -0.2) is 0 Å². The maximum atomic E-state index is 11.6. The van der Waals surface area contributed by atoms with Crippen LogP contribution >= 0.6 is 0 Å². The van der Waals surface area contributed by atoms with Crippen molar-refractivity contribution in [1.29, 1.82) is 0 Å². The van der Waals surface area contributed by atoms with Crippen molar-refractivity contribution in [3.8, 4) is 0 Å². The highest BCUT2D eigenvalue weighted by molar-refractivity contribution is 5.81. The van der Waals surface area contributed by atoms with Crippen molar-refractivity contribution in [2.75, 3.05) is 13.1 Å². The van der Waals surface area contributed by atoms with Crippen LogP contribution in [0.5, 0.6) is 0 Å². The van der Waals surface area contributed by atoms with Gasteiger partial charge < -0.3 is 11.1 Å². The summed E-state index contributed by atoms with van der Waals surface area (Å²) in [5, 5.41) is 3.04. The van der Waals surface area contributed by atoms with Gasteiger partial charge in [-0.3, -0.25) is 9.69 Å². The number of carbonyl (C=O) groups excluding carboxylic acids is 1. The Morgan fingerprint density at radius 2 is 2.27 bits per heavy atom. The molecule has 0 radical (unpaired) electrons. The molecule has 1 saturated carbocycles. The zero-order valence-electron chi connectivity index (χ0n) is 9.41. The number of likely N-dealkylation sites (tertiary alicyclic amines) is 1. The third kappa shape index (κ3) is 2.69. The van der Waals surface area contributed by atoms with Gasteiger partial charge in [0, 0.05) is 25.2 Å². The Morgan fingerprint density at radius 1 is 1.53 bits per heavy atom. The Bertz CT molecular complexity index is 240. The first-order chi connectivity index (χ1) is 7.20. The second-order valence-corrected chi connectivity index (χ2v) is 4.74. The lowest BCUT2D eigenvalue weighted by atomic mass is 10.2. The van der Waals surface area contributed by atoms with Crippen LogP contribution in [0.25, 0.3) is 0 Å². The summed E-state index contributed by atoms with van der Waals surface area (Å²) in [6, 6.07) is 0.808. The fourth-order valence-corrected chi connectivity index (χ4v) is 2.17. The van der Waals surface area contributed by atoms with E-state index in [1.54, 1.807) is 0 Å². The van der Waals surface area contributed by atoms with Crippen LogP contribution in [0.3, 0.4) is 0 Å². The SMILES string of the molecule is CC[C@@H](N)C(=O)NC1CCN(C2CC2)C1.